The van der Waals surface area contributed by atoms with E-state index in [4.69, 9.17) is 9.47 Å². The first kappa shape index (κ1) is 19.8. The summed E-state index contributed by atoms with van der Waals surface area (Å²) in [6.07, 6.45) is 2.38. The zero-order valence-corrected chi connectivity index (χ0v) is 18.2. The van der Waals surface area contributed by atoms with Crippen molar-refractivity contribution >= 4 is 22.9 Å². The summed E-state index contributed by atoms with van der Waals surface area (Å²) in [4.78, 5) is 18.3. The Hall–Kier alpha value is -2.09. The van der Waals surface area contributed by atoms with E-state index in [-0.39, 0.29) is 11.9 Å². The fourth-order valence-electron chi connectivity index (χ4n) is 4.93. The van der Waals surface area contributed by atoms with E-state index in [1.807, 2.05) is 24.3 Å². The van der Waals surface area contributed by atoms with Crippen molar-refractivity contribution in [2.24, 2.45) is 5.92 Å². The average molecular weight is 428 g/mol. The SMILES string of the molecule is C[C@@H]1[C@H](NC(=O)c2ccc(Oc3ccc(N4CCOCC4)cc3)s2)C2CCN1CC2. The van der Waals surface area contributed by atoms with Crippen molar-refractivity contribution in [3.8, 4) is 10.8 Å². The lowest BCUT2D eigenvalue weighted by Crippen LogP contribution is -2.62. The second-order valence-corrected chi connectivity index (χ2v) is 9.47. The average Bonchev–Trinajstić information content (AvgIpc) is 3.26. The van der Waals surface area contributed by atoms with Crippen LogP contribution in [-0.2, 0) is 4.74 Å². The van der Waals surface area contributed by atoms with Crippen LogP contribution in [0.15, 0.2) is 36.4 Å². The molecule has 1 aromatic heterocycles. The molecule has 2 atom stereocenters. The van der Waals surface area contributed by atoms with Gasteiger partial charge in [0.15, 0.2) is 5.06 Å². The molecular formula is C23H29N3O3S. The van der Waals surface area contributed by atoms with E-state index in [0.717, 1.165) is 37.1 Å². The van der Waals surface area contributed by atoms with E-state index in [1.165, 1.54) is 43.0 Å². The number of thiophene rings is 1. The number of anilines is 1. The molecule has 5 heterocycles. The van der Waals surface area contributed by atoms with Gasteiger partial charge in [-0.05, 0) is 75.2 Å². The Kier molecular flexibility index (Phi) is 5.67. The van der Waals surface area contributed by atoms with Crippen molar-refractivity contribution in [2.45, 2.75) is 31.8 Å². The highest BCUT2D eigenvalue weighted by Gasteiger charge is 2.40. The fraction of sp³-hybridized carbons (Fsp3) is 0.522. The Balaban J connectivity index is 1.19. The smallest absolute Gasteiger partial charge is 0.261 e. The molecule has 0 saturated carbocycles. The number of amides is 1. The third kappa shape index (κ3) is 4.06. The van der Waals surface area contributed by atoms with Crippen molar-refractivity contribution in [2.75, 3.05) is 44.3 Å². The van der Waals surface area contributed by atoms with E-state index in [9.17, 15) is 4.79 Å². The minimum Gasteiger partial charge on any atom is -0.447 e. The first-order chi connectivity index (χ1) is 14.7. The molecule has 1 N–H and O–H groups in total. The van der Waals surface area contributed by atoms with E-state index in [2.05, 4.69) is 34.2 Å². The predicted octanol–water partition coefficient (Wildman–Crippen LogP) is 3.59. The van der Waals surface area contributed by atoms with Crippen molar-refractivity contribution in [1.82, 2.24) is 10.2 Å². The van der Waals surface area contributed by atoms with E-state index in [0.29, 0.717) is 16.8 Å². The minimum atomic E-state index is 0.0168. The molecule has 1 aromatic carbocycles. The van der Waals surface area contributed by atoms with Crippen LogP contribution in [0.4, 0.5) is 5.69 Å². The minimum absolute atomic E-state index is 0.0168. The summed E-state index contributed by atoms with van der Waals surface area (Å²) < 4.78 is 11.4. The molecule has 0 unspecified atom stereocenters. The number of hydrogen-bond donors (Lipinski definition) is 1. The molecule has 0 aliphatic carbocycles. The van der Waals surface area contributed by atoms with Crippen LogP contribution in [0.1, 0.15) is 29.4 Å². The van der Waals surface area contributed by atoms with E-state index < -0.39 is 0 Å². The van der Waals surface area contributed by atoms with Crippen LogP contribution in [0.25, 0.3) is 0 Å². The summed E-state index contributed by atoms with van der Waals surface area (Å²) in [7, 11) is 0. The van der Waals surface area contributed by atoms with Crippen LogP contribution in [0.5, 0.6) is 10.8 Å². The van der Waals surface area contributed by atoms with Gasteiger partial charge < -0.3 is 19.7 Å². The van der Waals surface area contributed by atoms with Gasteiger partial charge in [-0.25, -0.2) is 0 Å². The normalized spacial score (nSPS) is 28.4. The van der Waals surface area contributed by atoms with E-state index >= 15 is 0 Å². The molecule has 1 amide bonds. The highest BCUT2D eigenvalue weighted by atomic mass is 32.1. The highest BCUT2D eigenvalue weighted by Crippen LogP contribution is 2.34. The first-order valence-corrected chi connectivity index (χ1v) is 11.7. The topological polar surface area (TPSA) is 54.0 Å². The van der Waals surface area contributed by atoms with Gasteiger partial charge in [0.25, 0.3) is 5.91 Å². The van der Waals surface area contributed by atoms with Gasteiger partial charge in [0.1, 0.15) is 5.75 Å². The summed E-state index contributed by atoms with van der Waals surface area (Å²) >= 11 is 1.40. The monoisotopic (exact) mass is 427 g/mol. The third-order valence-electron chi connectivity index (χ3n) is 6.71. The molecular weight excluding hydrogens is 398 g/mol. The largest absolute Gasteiger partial charge is 0.447 e. The molecule has 4 fully saturated rings. The summed E-state index contributed by atoms with van der Waals surface area (Å²) in [5.74, 6) is 1.41. The molecule has 2 aromatic rings. The van der Waals surface area contributed by atoms with Gasteiger partial charge in [-0.2, -0.15) is 0 Å². The fourth-order valence-corrected chi connectivity index (χ4v) is 5.71. The van der Waals surface area contributed by atoms with Crippen LogP contribution in [0, 0.1) is 5.92 Å². The Bertz CT molecular complexity index is 868. The van der Waals surface area contributed by atoms with E-state index in [1.54, 1.807) is 0 Å². The maximum Gasteiger partial charge on any atom is 0.261 e. The summed E-state index contributed by atoms with van der Waals surface area (Å²) in [5, 5.41) is 4.03. The number of nitrogens with one attached hydrogen (secondary N) is 1. The molecule has 0 radical (unpaired) electrons. The Morgan fingerprint density at radius 1 is 1.07 bits per heavy atom. The van der Waals surface area contributed by atoms with Crippen molar-refractivity contribution in [3.05, 3.63) is 41.3 Å². The Labute approximate surface area is 181 Å². The summed E-state index contributed by atoms with van der Waals surface area (Å²) in [6.45, 7) is 7.95. The molecule has 0 spiro atoms. The number of nitrogens with zero attached hydrogens (tertiary/aromatic N) is 2. The summed E-state index contributed by atoms with van der Waals surface area (Å²) in [6, 6.07) is 12.5. The zero-order chi connectivity index (χ0) is 20.5. The molecule has 6 nitrogen and oxygen atoms in total. The van der Waals surface area contributed by atoms with Gasteiger partial charge in [0.05, 0.1) is 18.1 Å². The van der Waals surface area contributed by atoms with Crippen molar-refractivity contribution in [3.63, 3.8) is 0 Å². The Morgan fingerprint density at radius 3 is 2.50 bits per heavy atom. The van der Waals surface area contributed by atoms with Crippen LogP contribution >= 0.6 is 11.3 Å². The number of hydrogen-bond acceptors (Lipinski definition) is 6. The van der Waals surface area contributed by atoms with Gasteiger partial charge >= 0.3 is 0 Å². The molecule has 2 bridgehead atoms. The number of carbonyl (C=O) groups is 1. The first-order valence-electron chi connectivity index (χ1n) is 10.9. The number of piperidine rings is 3. The lowest BCUT2D eigenvalue weighted by Gasteiger charge is -2.49. The second kappa shape index (κ2) is 8.57. The van der Waals surface area contributed by atoms with Crippen molar-refractivity contribution < 1.29 is 14.3 Å². The van der Waals surface area contributed by atoms with Gasteiger partial charge in [-0.15, -0.1) is 0 Å². The van der Waals surface area contributed by atoms with Gasteiger partial charge in [0.2, 0.25) is 0 Å². The van der Waals surface area contributed by atoms with Crippen LogP contribution < -0.4 is 15.0 Å². The van der Waals surface area contributed by atoms with Crippen LogP contribution in [-0.4, -0.2) is 62.3 Å². The maximum absolute atomic E-state index is 12.8. The molecule has 30 heavy (non-hydrogen) atoms. The summed E-state index contributed by atoms with van der Waals surface area (Å²) in [5.41, 5.74) is 1.18. The molecule has 7 heteroatoms. The molecule has 4 aliphatic heterocycles. The maximum atomic E-state index is 12.8. The number of morpholine rings is 1. The lowest BCUT2D eigenvalue weighted by atomic mass is 9.79. The van der Waals surface area contributed by atoms with Crippen LogP contribution in [0.3, 0.4) is 0 Å². The third-order valence-corrected chi connectivity index (χ3v) is 7.67. The predicted molar refractivity (Wildman–Crippen MR) is 119 cm³/mol. The lowest BCUT2D eigenvalue weighted by molar-refractivity contribution is 0.0218. The standard InChI is InChI=1S/C23H29N3O3S/c1-16-22(17-8-10-25(16)11-9-17)24-23(27)20-6-7-21(30-20)29-19-4-2-18(3-5-19)26-12-14-28-15-13-26/h2-7,16-17,22H,8-15H2,1H3,(H,24,27)/t16-,22+/m1/s1. The molecule has 160 valence electrons. The van der Waals surface area contributed by atoms with Crippen LogP contribution in [0.2, 0.25) is 0 Å². The number of benzene rings is 1. The second-order valence-electron chi connectivity index (χ2n) is 8.43. The zero-order valence-electron chi connectivity index (χ0n) is 17.4. The Morgan fingerprint density at radius 2 is 1.80 bits per heavy atom. The van der Waals surface area contributed by atoms with Crippen molar-refractivity contribution in [1.29, 1.82) is 0 Å². The molecule has 4 aliphatic rings. The van der Waals surface area contributed by atoms with Gasteiger partial charge in [-0.1, -0.05) is 11.3 Å². The number of rotatable bonds is 5. The number of fused-ring (bicyclic) bond motifs is 3. The quantitative estimate of drug-likeness (QED) is 0.790. The number of ether oxygens (including phenoxy) is 2. The highest BCUT2D eigenvalue weighted by molar-refractivity contribution is 7.15. The van der Waals surface area contributed by atoms with Gasteiger partial charge in [-0.3, -0.25) is 9.69 Å². The molecule has 6 rings (SSSR count). The molecule has 4 saturated heterocycles. The van der Waals surface area contributed by atoms with Gasteiger partial charge in [0, 0.05) is 30.9 Å². The number of carbonyl (C=O) groups excluding carboxylic acids is 1.